The molecular formula is C16H18ClFNNaO3. The fourth-order valence-corrected chi connectivity index (χ4v) is 3.61. The van der Waals surface area contributed by atoms with Crippen molar-refractivity contribution in [1.82, 2.24) is 5.32 Å². The van der Waals surface area contributed by atoms with Gasteiger partial charge in [-0.25, -0.2) is 4.39 Å². The summed E-state index contributed by atoms with van der Waals surface area (Å²) in [7, 11) is 0. The van der Waals surface area contributed by atoms with Gasteiger partial charge in [-0.3, -0.25) is 0 Å². The van der Waals surface area contributed by atoms with Gasteiger partial charge in [0.1, 0.15) is 5.82 Å². The van der Waals surface area contributed by atoms with Gasteiger partial charge in [0.05, 0.1) is 10.6 Å². The van der Waals surface area contributed by atoms with Crippen LogP contribution in [-0.2, 0) is 16.1 Å². The third-order valence-electron chi connectivity index (χ3n) is 4.64. The number of halogens is 2. The van der Waals surface area contributed by atoms with Crippen molar-refractivity contribution in [3.63, 3.8) is 0 Å². The summed E-state index contributed by atoms with van der Waals surface area (Å²) in [6.07, 6.45) is 2.75. The first-order valence-corrected chi connectivity index (χ1v) is 7.87. The van der Waals surface area contributed by atoms with Gasteiger partial charge in [-0.05, 0) is 43.4 Å². The summed E-state index contributed by atoms with van der Waals surface area (Å²) in [5.74, 6) is -1.78. The van der Waals surface area contributed by atoms with Crippen LogP contribution >= 0.6 is 11.6 Å². The molecule has 0 radical (unpaired) electrons. The summed E-state index contributed by atoms with van der Waals surface area (Å²) >= 11 is 5.77. The first-order valence-electron chi connectivity index (χ1n) is 7.50. The monoisotopic (exact) mass is 349 g/mol. The van der Waals surface area contributed by atoms with Gasteiger partial charge in [0.15, 0.2) is 0 Å². The largest absolute Gasteiger partial charge is 1.00 e. The van der Waals surface area contributed by atoms with Crippen molar-refractivity contribution in [2.45, 2.75) is 43.9 Å². The maximum Gasteiger partial charge on any atom is 1.00 e. The fraction of sp³-hybridized carbons (Fsp3) is 0.562. The molecule has 1 aromatic rings. The Balaban J connectivity index is 0.00000192. The smallest absolute Gasteiger partial charge is 0.550 e. The Labute approximate surface area is 162 Å². The zero-order valence-corrected chi connectivity index (χ0v) is 15.9. The maximum atomic E-state index is 13.1. The fourth-order valence-electron chi connectivity index (χ4n) is 3.40. The van der Waals surface area contributed by atoms with E-state index >= 15 is 0 Å². The second-order valence-corrected chi connectivity index (χ2v) is 6.68. The number of ether oxygens (including phenoxy) is 1. The minimum Gasteiger partial charge on any atom is -0.550 e. The van der Waals surface area contributed by atoms with E-state index in [4.69, 9.17) is 16.3 Å². The summed E-state index contributed by atoms with van der Waals surface area (Å²) in [5.41, 5.74) is 0.620. The van der Waals surface area contributed by atoms with Gasteiger partial charge >= 0.3 is 29.6 Å². The maximum absolute atomic E-state index is 13.1. The standard InChI is InChI=1S/C16H19ClFNO3.Na/c17-13-5-10(1-2-14(13)18)9-19-12-3-4-22-16(8-12)6-11(7-16)15(20)21;/h1-2,5,11-12,19H,3-4,6-9H2,(H,20,21);/q;+1/p-1. The predicted octanol–water partition coefficient (Wildman–Crippen LogP) is -1.35. The van der Waals surface area contributed by atoms with Crippen LogP contribution in [0.4, 0.5) is 4.39 Å². The zero-order chi connectivity index (χ0) is 15.7. The number of carboxylic acid groups (broad SMARTS) is 1. The van der Waals surface area contributed by atoms with E-state index in [-0.39, 0.29) is 52.1 Å². The number of rotatable bonds is 4. The van der Waals surface area contributed by atoms with Crippen LogP contribution in [0.3, 0.4) is 0 Å². The third kappa shape index (κ3) is 4.47. The molecule has 3 rings (SSSR count). The van der Waals surface area contributed by atoms with Crippen LogP contribution in [0, 0.1) is 11.7 Å². The number of carbonyl (C=O) groups is 1. The number of aliphatic carboxylic acids is 1. The van der Waals surface area contributed by atoms with Gasteiger partial charge < -0.3 is 20.0 Å². The number of hydrogen-bond acceptors (Lipinski definition) is 4. The van der Waals surface area contributed by atoms with Gasteiger partial charge in [0.2, 0.25) is 0 Å². The molecule has 2 fully saturated rings. The Hall–Kier alpha value is -0.170. The van der Waals surface area contributed by atoms with E-state index < -0.39 is 11.8 Å². The van der Waals surface area contributed by atoms with Crippen LogP contribution in [0.25, 0.3) is 0 Å². The first kappa shape index (κ1) is 19.2. The topological polar surface area (TPSA) is 61.4 Å². The van der Waals surface area contributed by atoms with E-state index in [1.807, 2.05) is 0 Å². The Morgan fingerprint density at radius 1 is 1.43 bits per heavy atom. The number of nitrogens with one attached hydrogen (secondary N) is 1. The number of hydrogen-bond donors (Lipinski definition) is 1. The van der Waals surface area contributed by atoms with Crippen LogP contribution in [0.15, 0.2) is 18.2 Å². The quantitative estimate of drug-likeness (QED) is 0.683. The van der Waals surface area contributed by atoms with Crippen molar-refractivity contribution >= 4 is 17.6 Å². The molecule has 2 aliphatic rings. The molecule has 1 atom stereocenters. The molecule has 1 aliphatic carbocycles. The van der Waals surface area contributed by atoms with Crippen molar-refractivity contribution < 1.29 is 48.6 Å². The third-order valence-corrected chi connectivity index (χ3v) is 4.93. The van der Waals surface area contributed by atoms with E-state index in [2.05, 4.69) is 5.32 Å². The summed E-state index contributed by atoms with van der Waals surface area (Å²) in [5, 5.41) is 14.4. The summed E-state index contributed by atoms with van der Waals surface area (Å²) in [6.45, 7) is 1.23. The summed E-state index contributed by atoms with van der Waals surface area (Å²) in [6, 6.07) is 4.95. The van der Waals surface area contributed by atoms with E-state index in [0.717, 1.165) is 18.4 Å². The Kier molecular flexibility index (Phi) is 6.50. The minimum absolute atomic E-state index is 0. The Morgan fingerprint density at radius 3 is 2.83 bits per heavy atom. The number of carboxylic acids is 1. The van der Waals surface area contributed by atoms with Crippen molar-refractivity contribution in [2.75, 3.05) is 6.61 Å². The molecule has 1 aromatic carbocycles. The minimum atomic E-state index is -0.981. The molecule has 1 heterocycles. The molecule has 1 spiro atoms. The van der Waals surface area contributed by atoms with E-state index in [1.54, 1.807) is 12.1 Å². The van der Waals surface area contributed by atoms with Gasteiger partial charge in [-0.2, -0.15) is 0 Å². The Morgan fingerprint density at radius 2 is 2.17 bits per heavy atom. The van der Waals surface area contributed by atoms with E-state index in [9.17, 15) is 14.3 Å². The van der Waals surface area contributed by atoms with Gasteiger partial charge in [-0.1, -0.05) is 17.7 Å². The van der Waals surface area contributed by atoms with Crippen LogP contribution in [0.2, 0.25) is 5.02 Å². The SMILES string of the molecule is O=C([O-])C1CC2(CC(NCc3ccc(F)c(Cl)c3)CCO2)C1.[Na+]. The van der Waals surface area contributed by atoms with Gasteiger partial charge in [0.25, 0.3) is 0 Å². The van der Waals surface area contributed by atoms with Crippen LogP contribution in [0.5, 0.6) is 0 Å². The molecule has 120 valence electrons. The molecule has 1 unspecified atom stereocenters. The molecule has 1 saturated heterocycles. The molecule has 7 heteroatoms. The van der Waals surface area contributed by atoms with Crippen molar-refractivity contribution in [3.8, 4) is 0 Å². The normalized spacial score (nSPS) is 29.7. The number of carbonyl (C=O) groups excluding carboxylic acids is 1. The Bertz CT molecular complexity index is 580. The van der Waals surface area contributed by atoms with Crippen molar-refractivity contribution in [2.24, 2.45) is 5.92 Å². The van der Waals surface area contributed by atoms with Gasteiger partial charge in [-0.15, -0.1) is 0 Å². The van der Waals surface area contributed by atoms with Crippen LogP contribution < -0.4 is 40.0 Å². The van der Waals surface area contributed by atoms with Crippen LogP contribution in [-0.4, -0.2) is 24.2 Å². The second kappa shape index (κ2) is 7.81. The van der Waals surface area contributed by atoms with E-state index in [0.29, 0.717) is 26.0 Å². The van der Waals surface area contributed by atoms with Gasteiger partial charge in [0, 0.05) is 31.1 Å². The van der Waals surface area contributed by atoms with Crippen molar-refractivity contribution in [1.29, 1.82) is 0 Å². The molecule has 1 N–H and O–H groups in total. The average Bonchev–Trinajstić information content (AvgIpc) is 2.46. The average molecular weight is 350 g/mol. The first-order chi connectivity index (χ1) is 10.5. The molecule has 1 saturated carbocycles. The molecule has 1 aliphatic heterocycles. The number of benzene rings is 1. The molecule has 0 amide bonds. The van der Waals surface area contributed by atoms with Crippen molar-refractivity contribution in [3.05, 3.63) is 34.6 Å². The van der Waals surface area contributed by atoms with E-state index in [1.165, 1.54) is 6.07 Å². The second-order valence-electron chi connectivity index (χ2n) is 6.27. The molecule has 0 bridgehead atoms. The summed E-state index contributed by atoms with van der Waals surface area (Å²) in [4.78, 5) is 10.8. The van der Waals surface area contributed by atoms with Crippen LogP contribution in [0.1, 0.15) is 31.2 Å². The zero-order valence-electron chi connectivity index (χ0n) is 13.1. The molecule has 4 nitrogen and oxygen atoms in total. The summed E-state index contributed by atoms with van der Waals surface area (Å²) < 4.78 is 18.9. The predicted molar refractivity (Wildman–Crippen MR) is 77.7 cm³/mol. The molecule has 0 aromatic heterocycles. The molecular weight excluding hydrogens is 332 g/mol. The molecule has 23 heavy (non-hydrogen) atoms.